The first kappa shape index (κ1) is 31.1. The molecule has 0 aliphatic rings. The monoisotopic (exact) mass is 704 g/mol. The lowest BCUT2D eigenvalue weighted by molar-refractivity contribution is 0.320. The molecule has 0 saturated carbocycles. The number of likely N-dealkylation sites (N-methyl/N-ethyl adjacent to an activating group) is 2. The molecule has 0 fully saturated rings. The van der Waals surface area contributed by atoms with Gasteiger partial charge in [-0.2, -0.15) is 0 Å². The van der Waals surface area contributed by atoms with E-state index in [1.165, 1.54) is 0 Å². The van der Waals surface area contributed by atoms with Crippen LogP contribution in [0.1, 0.15) is 0 Å². The van der Waals surface area contributed by atoms with Gasteiger partial charge < -0.3 is 9.80 Å². The van der Waals surface area contributed by atoms with Gasteiger partial charge >= 0.3 is 0 Å². The fourth-order valence-corrected chi connectivity index (χ4v) is 2.50. The Kier molecular flexibility index (Phi) is 13.4. The van der Waals surface area contributed by atoms with Crippen molar-refractivity contribution in [2.45, 2.75) is 0 Å². The molecule has 0 saturated heterocycles. The summed E-state index contributed by atoms with van der Waals surface area (Å²) in [5.41, 5.74) is 0. The Morgan fingerprint density at radius 2 is 0.562 bits per heavy atom. The molecule has 2 rings (SSSR count). The zero-order valence-corrected chi connectivity index (χ0v) is 21.2. The third-order valence-electron chi connectivity index (χ3n) is 3.31. The lowest BCUT2D eigenvalue weighted by atomic mass is 10.3. The van der Waals surface area contributed by atoms with Gasteiger partial charge in [-0.1, -0.05) is 0 Å². The van der Waals surface area contributed by atoms with Crippen molar-refractivity contribution in [2.24, 2.45) is 0 Å². The van der Waals surface area contributed by atoms with Crippen molar-refractivity contribution in [2.75, 3.05) is 41.3 Å². The van der Waals surface area contributed by atoms with E-state index in [0.717, 1.165) is 58.3 Å². The first-order valence-electron chi connectivity index (χ1n) is 8.19. The highest BCUT2D eigenvalue weighted by Gasteiger charge is 2.24. The lowest BCUT2D eigenvalue weighted by Gasteiger charge is -2.13. The summed E-state index contributed by atoms with van der Waals surface area (Å²) < 4.78 is 121. The van der Waals surface area contributed by atoms with Crippen LogP contribution in [0.2, 0.25) is 0 Å². The van der Waals surface area contributed by atoms with E-state index >= 15 is 0 Å². The van der Waals surface area contributed by atoms with Crippen LogP contribution in [0, 0.1) is 65.3 Å². The summed E-state index contributed by atoms with van der Waals surface area (Å²) in [6, 6.07) is 0. The first-order valence-corrected chi connectivity index (χ1v) is 10.3. The van der Waals surface area contributed by atoms with Crippen LogP contribution < -0.4 is 0 Å². The molecule has 2 nitrogen and oxygen atoms in total. The maximum Gasteiger partial charge on any atom is 0.200 e. The standard InChI is InChI=1S/2C6F5I.C6H16N2/c2*7-1-2(8)4(10)6(12)5(11)3(1)9;1-7(2)5-6-8(3)4/h;;5-6H2,1-4H3. The van der Waals surface area contributed by atoms with Crippen molar-refractivity contribution in [1.82, 2.24) is 9.80 Å². The largest absolute Gasteiger partial charge is 0.308 e. The van der Waals surface area contributed by atoms with Crippen LogP contribution in [0.15, 0.2) is 0 Å². The van der Waals surface area contributed by atoms with Gasteiger partial charge in [-0.15, -0.1) is 0 Å². The SMILES string of the molecule is CN(C)CCN(C)C.Fc1c(F)c(F)c(I)c(F)c1F.Fc1c(F)c(F)c(I)c(F)c1F. The van der Waals surface area contributed by atoms with E-state index in [1.807, 2.05) is 0 Å². The predicted molar refractivity (Wildman–Crippen MR) is 115 cm³/mol. The molecule has 32 heavy (non-hydrogen) atoms. The third-order valence-corrected chi connectivity index (χ3v) is 5.20. The van der Waals surface area contributed by atoms with Crippen molar-refractivity contribution in [1.29, 1.82) is 0 Å². The van der Waals surface area contributed by atoms with Gasteiger partial charge in [0, 0.05) is 13.1 Å². The zero-order chi connectivity index (χ0) is 25.5. The number of halogens is 12. The molecule has 182 valence electrons. The minimum Gasteiger partial charge on any atom is -0.308 e. The number of hydrogen-bond donors (Lipinski definition) is 0. The quantitative estimate of drug-likeness (QED) is 0.166. The summed E-state index contributed by atoms with van der Waals surface area (Å²) in [5, 5.41) is 0. The summed E-state index contributed by atoms with van der Waals surface area (Å²) in [4.78, 5) is 4.36. The summed E-state index contributed by atoms with van der Waals surface area (Å²) in [7, 11) is 8.35. The highest BCUT2D eigenvalue weighted by molar-refractivity contribution is 14.1. The highest BCUT2D eigenvalue weighted by Crippen LogP contribution is 2.24. The summed E-state index contributed by atoms with van der Waals surface area (Å²) in [6.45, 7) is 2.29. The second kappa shape index (κ2) is 13.7. The van der Waals surface area contributed by atoms with Crippen molar-refractivity contribution in [3.05, 3.63) is 65.3 Å². The number of hydrogen-bond acceptors (Lipinski definition) is 2. The average molecular weight is 704 g/mol. The van der Waals surface area contributed by atoms with Gasteiger partial charge in [0.1, 0.15) is 0 Å². The average Bonchev–Trinajstić information content (AvgIpc) is 2.75. The van der Waals surface area contributed by atoms with E-state index in [2.05, 4.69) is 38.0 Å². The van der Waals surface area contributed by atoms with Crippen LogP contribution in [-0.2, 0) is 0 Å². The van der Waals surface area contributed by atoms with E-state index in [-0.39, 0.29) is 0 Å². The minimum absolute atomic E-state index is 0.899. The second-order valence-electron chi connectivity index (χ2n) is 6.37. The topological polar surface area (TPSA) is 6.48 Å². The number of nitrogens with zero attached hydrogens (tertiary/aromatic N) is 2. The van der Waals surface area contributed by atoms with E-state index < -0.39 is 65.3 Å². The molecule has 2 aromatic carbocycles. The van der Waals surface area contributed by atoms with Crippen LogP contribution in [0.5, 0.6) is 0 Å². The van der Waals surface area contributed by atoms with Crippen LogP contribution in [-0.4, -0.2) is 51.1 Å². The van der Waals surface area contributed by atoms with Gasteiger partial charge in [-0.05, 0) is 73.4 Å². The summed E-state index contributed by atoms with van der Waals surface area (Å²) in [5.74, 6) is -19.1. The van der Waals surface area contributed by atoms with Gasteiger partial charge in [0.05, 0.1) is 7.14 Å². The Labute approximate surface area is 204 Å². The fraction of sp³-hybridized carbons (Fsp3) is 0.333. The van der Waals surface area contributed by atoms with Crippen LogP contribution in [0.3, 0.4) is 0 Å². The molecule has 0 aliphatic heterocycles. The van der Waals surface area contributed by atoms with Gasteiger partial charge in [0.25, 0.3) is 0 Å². The first-order chi connectivity index (χ1) is 14.6. The van der Waals surface area contributed by atoms with E-state index in [0.29, 0.717) is 0 Å². The van der Waals surface area contributed by atoms with Gasteiger partial charge in [-0.25, -0.2) is 43.9 Å². The van der Waals surface area contributed by atoms with Crippen LogP contribution in [0.25, 0.3) is 0 Å². The Bertz CT molecular complexity index is 653. The maximum atomic E-state index is 12.4. The van der Waals surface area contributed by atoms with Crippen molar-refractivity contribution >= 4 is 45.2 Å². The normalized spacial score (nSPS) is 10.7. The van der Waals surface area contributed by atoms with Gasteiger partial charge in [0.15, 0.2) is 46.5 Å². The lowest BCUT2D eigenvalue weighted by Crippen LogP contribution is -2.25. The van der Waals surface area contributed by atoms with E-state index in [9.17, 15) is 43.9 Å². The Balaban J connectivity index is 0.000000462. The Morgan fingerprint density at radius 3 is 0.719 bits per heavy atom. The van der Waals surface area contributed by atoms with Crippen molar-refractivity contribution in [3.63, 3.8) is 0 Å². The van der Waals surface area contributed by atoms with Gasteiger partial charge in [0.2, 0.25) is 11.6 Å². The molecular formula is C18H16F10I2N2. The molecule has 2 aromatic rings. The van der Waals surface area contributed by atoms with Crippen molar-refractivity contribution < 1.29 is 43.9 Å². The number of benzene rings is 2. The molecule has 0 heterocycles. The fourth-order valence-electron chi connectivity index (χ4n) is 1.56. The zero-order valence-electron chi connectivity index (χ0n) is 16.8. The van der Waals surface area contributed by atoms with E-state index in [4.69, 9.17) is 0 Å². The summed E-state index contributed by atoms with van der Waals surface area (Å²) in [6.07, 6.45) is 0. The predicted octanol–water partition coefficient (Wildman–Crippen LogP) is 6.08. The molecule has 0 unspecified atom stereocenters. The molecule has 0 spiro atoms. The van der Waals surface area contributed by atoms with Crippen LogP contribution in [0.4, 0.5) is 43.9 Å². The molecular weight excluding hydrogens is 688 g/mol. The Hall–Kier alpha value is -0.880. The van der Waals surface area contributed by atoms with Crippen molar-refractivity contribution in [3.8, 4) is 0 Å². The number of rotatable bonds is 3. The molecule has 0 aliphatic carbocycles. The maximum absolute atomic E-state index is 12.4. The molecule has 0 N–H and O–H groups in total. The molecule has 0 bridgehead atoms. The summed E-state index contributed by atoms with van der Waals surface area (Å²) >= 11 is 2.08. The second-order valence-corrected chi connectivity index (χ2v) is 8.53. The smallest absolute Gasteiger partial charge is 0.200 e. The molecule has 14 heteroatoms. The van der Waals surface area contributed by atoms with Gasteiger partial charge in [-0.3, -0.25) is 0 Å². The minimum atomic E-state index is -2.13. The Morgan fingerprint density at radius 1 is 0.406 bits per heavy atom. The molecule has 0 aromatic heterocycles. The van der Waals surface area contributed by atoms with E-state index in [1.54, 1.807) is 0 Å². The molecule has 0 amide bonds. The van der Waals surface area contributed by atoms with Crippen LogP contribution >= 0.6 is 45.2 Å². The third kappa shape index (κ3) is 8.48. The highest BCUT2D eigenvalue weighted by atomic mass is 127. The molecule has 0 atom stereocenters. The molecule has 0 radical (unpaired) electrons.